The van der Waals surface area contributed by atoms with Gasteiger partial charge in [-0.15, -0.1) is 5.10 Å². The number of carbonyl (C=O) groups is 1. The van der Waals surface area contributed by atoms with E-state index in [1.54, 1.807) is 23.1 Å². The number of anilines is 1. The first-order chi connectivity index (χ1) is 17.6. The normalized spacial score (nSPS) is 13.8. The average molecular weight is 484 g/mol. The van der Waals surface area contributed by atoms with Gasteiger partial charge in [-0.2, -0.15) is 0 Å². The first-order valence-corrected chi connectivity index (χ1v) is 12.1. The van der Waals surface area contributed by atoms with E-state index in [9.17, 15) is 4.79 Å². The van der Waals surface area contributed by atoms with Gasteiger partial charge in [-0.1, -0.05) is 30.3 Å². The smallest absolute Gasteiger partial charge is 0.244 e. The van der Waals surface area contributed by atoms with Crippen LogP contribution < -0.4 is 9.64 Å². The molecular formula is C27H29N7O2. The number of piperazine rings is 1. The maximum atomic E-state index is 13.3. The second-order valence-electron chi connectivity index (χ2n) is 8.89. The van der Waals surface area contributed by atoms with Gasteiger partial charge in [0.1, 0.15) is 12.3 Å². The molecule has 0 atom stereocenters. The molecule has 1 aliphatic heterocycles. The number of hydrogen-bond donors (Lipinski definition) is 0. The lowest BCUT2D eigenvalue weighted by atomic mass is 10.2. The van der Waals surface area contributed by atoms with Gasteiger partial charge >= 0.3 is 0 Å². The highest BCUT2D eigenvalue weighted by Crippen LogP contribution is 2.25. The Hall–Kier alpha value is -4.27. The van der Waals surface area contributed by atoms with E-state index in [-0.39, 0.29) is 18.6 Å². The number of ether oxygens (including phenoxy) is 1. The fourth-order valence-electron chi connectivity index (χ4n) is 4.17. The van der Waals surface area contributed by atoms with E-state index >= 15 is 0 Å². The van der Waals surface area contributed by atoms with Gasteiger partial charge in [0.15, 0.2) is 11.6 Å². The quantitative estimate of drug-likeness (QED) is 0.397. The highest BCUT2D eigenvalue weighted by atomic mass is 16.5. The topological polar surface area (TPSA) is 89.3 Å². The maximum Gasteiger partial charge on any atom is 0.244 e. The van der Waals surface area contributed by atoms with Crippen LogP contribution in [-0.2, 0) is 11.3 Å². The van der Waals surface area contributed by atoms with Crippen molar-refractivity contribution in [1.82, 2.24) is 29.6 Å². The van der Waals surface area contributed by atoms with E-state index in [0.29, 0.717) is 43.8 Å². The Kier molecular flexibility index (Phi) is 6.88. The SMILES string of the molecule is CC(C)Oc1ccc(-c2nc(-c3ccccc3)n(CC(=O)N3CCN(c4ncccn4)CC3)n2)cc1. The zero-order valence-corrected chi connectivity index (χ0v) is 20.5. The molecule has 0 radical (unpaired) electrons. The first-order valence-electron chi connectivity index (χ1n) is 12.1. The standard InChI is InChI=1S/C27H29N7O2/c1-20(2)36-23-11-9-21(10-12-23)25-30-26(22-7-4-3-5-8-22)34(31-25)19-24(35)32-15-17-33(18-16-32)27-28-13-6-14-29-27/h3-14,20H,15-19H2,1-2H3. The molecule has 5 rings (SSSR count). The molecule has 1 amide bonds. The number of benzene rings is 2. The Bertz CT molecular complexity index is 1280. The molecule has 2 aromatic carbocycles. The van der Waals surface area contributed by atoms with Gasteiger partial charge in [0.2, 0.25) is 11.9 Å². The Morgan fingerprint density at radius 1 is 0.889 bits per heavy atom. The van der Waals surface area contributed by atoms with Gasteiger partial charge in [0.25, 0.3) is 0 Å². The molecule has 0 N–H and O–H groups in total. The summed E-state index contributed by atoms with van der Waals surface area (Å²) in [4.78, 5) is 30.7. The highest BCUT2D eigenvalue weighted by molar-refractivity contribution is 5.77. The van der Waals surface area contributed by atoms with Crippen LogP contribution in [0.2, 0.25) is 0 Å². The molecular weight excluding hydrogens is 454 g/mol. The zero-order chi connectivity index (χ0) is 24.9. The largest absolute Gasteiger partial charge is 0.491 e. The van der Waals surface area contributed by atoms with Crippen LogP contribution >= 0.6 is 0 Å². The molecule has 9 heteroatoms. The third-order valence-electron chi connectivity index (χ3n) is 5.94. The van der Waals surface area contributed by atoms with E-state index in [1.165, 1.54) is 0 Å². The minimum absolute atomic E-state index is 0.0120. The number of carbonyl (C=O) groups excluding carboxylic acids is 1. The van der Waals surface area contributed by atoms with Crippen LogP contribution in [-0.4, -0.2) is 67.8 Å². The number of hydrogen-bond acceptors (Lipinski definition) is 7. The number of amides is 1. The van der Waals surface area contributed by atoms with E-state index < -0.39 is 0 Å². The van der Waals surface area contributed by atoms with Crippen LogP contribution in [0.25, 0.3) is 22.8 Å². The molecule has 184 valence electrons. The van der Waals surface area contributed by atoms with Crippen molar-refractivity contribution in [1.29, 1.82) is 0 Å². The van der Waals surface area contributed by atoms with Gasteiger partial charge in [0.05, 0.1) is 6.10 Å². The minimum atomic E-state index is 0.0120. The number of nitrogens with zero attached hydrogens (tertiary/aromatic N) is 7. The summed E-state index contributed by atoms with van der Waals surface area (Å²) in [6, 6.07) is 19.3. The molecule has 0 saturated carbocycles. The Labute approximate surface area is 210 Å². The summed E-state index contributed by atoms with van der Waals surface area (Å²) >= 11 is 0. The van der Waals surface area contributed by atoms with Crippen molar-refractivity contribution < 1.29 is 9.53 Å². The Morgan fingerprint density at radius 2 is 1.58 bits per heavy atom. The van der Waals surface area contributed by atoms with E-state index in [4.69, 9.17) is 14.8 Å². The molecule has 0 aliphatic carbocycles. The molecule has 0 spiro atoms. The van der Waals surface area contributed by atoms with Gasteiger partial charge in [-0.25, -0.2) is 19.6 Å². The Morgan fingerprint density at radius 3 is 2.25 bits per heavy atom. The molecule has 3 heterocycles. The minimum Gasteiger partial charge on any atom is -0.491 e. The summed E-state index contributed by atoms with van der Waals surface area (Å²) in [7, 11) is 0. The van der Waals surface area contributed by atoms with E-state index in [2.05, 4.69) is 14.9 Å². The van der Waals surface area contributed by atoms with Crippen LogP contribution in [0.5, 0.6) is 5.75 Å². The fourth-order valence-corrected chi connectivity index (χ4v) is 4.17. The summed E-state index contributed by atoms with van der Waals surface area (Å²) in [6.45, 7) is 6.70. The monoisotopic (exact) mass is 483 g/mol. The van der Waals surface area contributed by atoms with Crippen molar-refractivity contribution in [3.63, 3.8) is 0 Å². The second-order valence-corrected chi connectivity index (χ2v) is 8.89. The number of aromatic nitrogens is 5. The van der Waals surface area contributed by atoms with Crippen molar-refractivity contribution in [2.45, 2.75) is 26.5 Å². The number of rotatable bonds is 7. The molecule has 1 fully saturated rings. The molecule has 1 aliphatic rings. The first kappa shape index (κ1) is 23.5. The summed E-state index contributed by atoms with van der Waals surface area (Å²) in [5.74, 6) is 2.74. The summed E-state index contributed by atoms with van der Waals surface area (Å²) in [5.41, 5.74) is 1.78. The predicted molar refractivity (Wildman–Crippen MR) is 137 cm³/mol. The van der Waals surface area contributed by atoms with Crippen LogP contribution in [0, 0.1) is 0 Å². The average Bonchev–Trinajstić information content (AvgIpc) is 3.33. The lowest BCUT2D eigenvalue weighted by molar-refractivity contribution is -0.132. The van der Waals surface area contributed by atoms with Crippen molar-refractivity contribution in [3.8, 4) is 28.5 Å². The Balaban J connectivity index is 1.34. The third kappa shape index (κ3) is 5.35. The predicted octanol–water partition coefficient (Wildman–Crippen LogP) is 3.54. The fraction of sp³-hybridized carbons (Fsp3) is 0.296. The molecule has 36 heavy (non-hydrogen) atoms. The van der Waals surface area contributed by atoms with Crippen molar-refractivity contribution in [3.05, 3.63) is 73.1 Å². The second kappa shape index (κ2) is 10.6. The molecule has 9 nitrogen and oxygen atoms in total. The van der Waals surface area contributed by atoms with Gasteiger partial charge in [0, 0.05) is 49.7 Å². The van der Waals surface area contributed by atoms with Crippen molar-refractivity contribution in [2.75, 3.05) is 31.1 Å². The van der Waals surface area contributed by atoms with E-state index in [1.807, 2.05) is 73.3 Å². The van der Waals surface area contributed by atoms with Gasteiger partial charge in [-0.05, 0) is 44.2 Å². The molecule has 0 bridgehead atoms. The highest BCUT2D eigenvalue weighted by Gasteiger charge is 2.24. The summed E-state index contributed by atoms with van der Waals surface area (Å²) in [5, 5.41) is 4.73. The van der Waals surface area contributed by atoms with E-state index in [0.717, 1.165) is 16.9 Å². The van der Waals surface area contributed by atoms with Crippen molar-refractivity contribution >= 4 is 11.9 Å². The van der Waals surface area contributed by atoms with Crippen LogP contribution in [0.4, 0.5) is 5.95 Å². The summed E-state index contributed by atoms with van der Waals surface area (Å²) < 4.78 is 7.46. The van der Waals surface area contributed by atoms with Crippen LogP contribution in [0.3, 0.4) is 0 Å². The molecule has 2 aromatic heterocycles. The van der Waals surface area contributed by atoms with Crippen LogP contribution in [0.15, 0.2) is 73.1 Å². The lowest BCUT2D eigenvalue weighted by Gasteiger charge is -2.34. The summed E-state index contributed by atoms with van der Waals surface area (Å²) in [6.07, 6.45) is 3.57. The van der Waals surface area contributed by atoms with Gasteiger partial charge < -0.3 is 14.5 Å². The van der Waals surface area contributed by atoms with Gasteiger partial charge in [-0.3, -0.25) is 4.79 Å². The maximum absolute atomic E-state index is 13.3. The lowest BCUT2D eigenvalue weighted by Crippen LogP contribution is -2.50. The van der Waals surface area contributed by atoms with Crippen LogP contribution in [0.1, 0.15) is 13.8 Å². The van der Waals surface area contributed by atoms with Crippen molar-refractivity contribution in [2.24, 2.45) is 0 Å². The third-order valence-corrected chi connectivity index (χ3v) is 5.94. The molecule has 4 aromatic rings. The molecule has 0 unspecified atom stereocenters. The molecule has 1 saturated heterocycles. The zero-order valence-electron chi connectivity index (χ0n) is 20.5.